The third kappa shape index (κ3) is 2.02. The van der Waals surface area contributed by atoms with Crippen molar-refractivity contribution in [2.45, 2.75) is 32.3 Å². The Balaban J connectivity index is 2.36. The Morgan fingerprint density at radius 2 is 2.18 bits per heavy atom. The fraction of sp³-hybridized carbons (Fsp3) is 0.500. The molecule has 0 spiro atoms. The topological polar surface area (TPSA) is 35.5 Å². The van der Waals surface area contributed by atoms with Gasteiger partial charge in [0, 0.05) is 12.0 Å². The first-order valence-corrected chi connectivity index (χ1v) is 5.97. The van der Waals surface area contributed by atoms with Gasteiger partial charge in [-0.25, -0.2) is 0 Å². The molecule has 1 heterocycles. The molecule has 1 aliphatic rings. The molecule has 0 aromatic heterocycles. The standard InChI is InChI=1S/C14H18O3/c1-4-10-9-14(2,17-13(10)15)11-7-5-6-8-12(11)16-3/h5-8,10H,4,9H2,1-3H3/t10-,14+/m0/s1. The summed E-state index contributed by atoms with van der Waals surface area (Å²) in [4.78, 5) is 11.7. The van der Waals surface area contributed by atoms with Crippen LogP contribution in [0.5, 0.6) is 5.75 Å². The third-order valence-corrected chi connectivity index (χ3v) is 3.46. The molecule has 1 saturated heterocycles. The van der Waals surface area contributed by atoms with Crippen molar-refractivity contribution in [3.8, 4) is 5.75 Å². The van der Waals surface area contributed by atoms with Crippen LogP contribution in [-0.2, 0) is 15.1 Å². The highest BCUT2D eigenvalue weighted by atomic mass is 16.6. The average molecular weight is 234 g/mol. The fourth-order valence-corrected chi connectivity index (χ4v) is 2.46. The van der Waals surface area contributed by atoms with Gasteiger partial charge in [-0.05, 0) is 19.4 Å². The van der Waals surface area contributed by atoms with E-state index in [1.165, 1.54) is 0 Å². The molecule has 0 radical (unpaired) electrons. The maximum atomic E-state index is 11.7. The fourth-order valence-electron chi connectivity index (χ4n) is 2.46. The number of carbonyl (C=O) groups excluding carboxylic acids is 1. The van der Waals surface area contributed by atoms with E-state index in [2.05, 4.69) is 0 Å². The van der Waals surface area contributed by atoms with Crippen molar-refractivity contribution in [3.63, 3.8) is 0 Å². The minimum atomic E-state index is -0.551. The first-order valence-electron chi connectivity index (χ1n) is 5.97. The molecule has 92 valence electrons. The zero-order valence-electron chi connectivity index (χ0n) is 10.5. The van der Waals surface area contributed by atoms with Crippen LogP contribution >= 0.6 is 0 Å². The van der Waals surface area contributed by atoms with Gasteiger partial charge in [0.1, 0.15) is 11.4 Å². The average Bonchev–Trinajstić information content (AvgIpc) is 2.65. The predicted octanol–water partition coefficient (Wildman–Crippen LogP) is 2.88. The van der Waals surface area contributed by atoms with Crippen LogP contribution in [-0.4, -0.2) is 13.1 Å². The molecule has 0 amide bonds. The van der Waals surface area contributed by atoms with Gasteiger partial charge in [0.15, 0.2) is 0 Å². The number of benzene rings is 1. The lowest BCUT2D eigenvalue weighted by Gasteiger charge is -2.25. The predicted molar refractivity (Wildman–Crippen MR) is 64.8 cm³/mol. The third-order valence-electron chi connectivity index (χ3n) is 3.46. The van der Waals surface area contributed by atoms with Crippen molar-refractivity contribution < 1.29 is 14.3 Å². The quantitative estimate of drug-likeness (QED) is 0.754. The molecule has 0 N–H and O–H groups in total. The van der Waals surface area contributed by atoms with Crippen molar-refractivity contribution in [1.29, 1.82) is 0 Å². The number of hydrogen-bond donors (Lipinski definition) is 0. The lowest BCUT2D eigenvalue weighted by atomic mass is 9.87. The lowest BCUT2D eigenvalue weighted by Crippen LogP contribution is -2.21. The number of esters is 1. The minimum Gasteiger partial charge on any atom is -0.496 e. The van der Waals surface area contributed by atoms with E-state index in [1.807, 2.05) is 38.1 Å². The monoisotopic (exact) mass is 234 g/mol. The Hall–Kier alpha value is -1.51. The number of ether oxygens (including phenoxy) is 2. The molecule has 0 aliphatic carbocycles. The minimum absolute atomic E-state index is 0.00455. The van der Waals surface area contributed by atoms with Gasteiger partial charge < -0.3 is 9.47 Å². The highest BCUT2D eigenvalue weighted by Crippen LogP contribution is 2.43. The van der Waals surface area contributed by atoms with Crippen LogP contribution in [0.2, 0.25) is 0 Å². The number of carbonyl (C=O) groups is 1. The van der Waals surface area contributed by atoms with Crippen LogP contribution in [0.4, 0.5) is 0 Å². The number of methoxy groups -OCH3 is 1. The Kier molecular flexibility index (Phi) is 3.09. The highest BCUT2D eigenvalue weighted by molar-refractivity contribution is 5.75. The SMILES string of the molecule is CC[C@H]1C[C@](C)(c2ccccc2OC)OC1=O. The largest absolute Gasteiger partial charge is 0.496 e. The molecule has 2 rings (SSSR count). The summed E-state index contributed by atoms with van der Waals surface area (Å²) in [6.07, 6.45) is 1.55. The Morgan fingerprint density at radius 1 is 1.47 bits per heavy atom. The van der Waals surface area contributed by atoms with Crippen molar-refractivity contribution in [3.05, 3.63) is 29.8 Å². The summed E-state index contributed by atoms with van der Waals surface area (Å²) in [5.41, 5.74) is 0.400. The molecule has 17 heavy (non-hydrogen) atoms. The van der Waals surface area contributed by atoms with E-state index in [4.69, 9.17) is 9.47 Å². The Morgan fingerprint density at radius 3 is 2.76 bits per heavy atom. The van der Waals surface area contributed by atoms with Crippen molar-refractivity contribution in [1.82, 2.24) is 0 Å². The number of para-hydroxylation sites is 1. The summed E-state index contributed by atoms with van der Waals surface area (Å²) in [6, 6.07) is 7.72. The van der Waals surface area contributed by atoms with Crippen LogP contribution < -0.4 is 4.74 Å². The molecule has 0 bridgehead atoms. The molecule has 1 fully saturated rings. The highest BCUT2D eigenvalue weighted by Gasteiger charge is 2.44. The van der Waals surface area contributed by atoms with Gasteiger partial charge in [0.25, 0.3) is 0 Å². The Labute approximate surface area is 102 Å². The molecule has 0 unspecified atom stereocenters. The van der Waals surface area contributed by atoms with E-state index in [0.717, 1.165) is 24.2 Å². The smallest absolute Gasteiger partial charge is 0.309 e. The van der Waals surface area contributed by atoms with E-state index in [-0.39, 0.29) is 11.9 Å². The molecule has 3 nitrogen and oxygen atoms in total. The summed E-state index contributed by atoms with van der Waals surface area (Å²) < 4.78 is 10.9. The Bertz CT molecular complexity index is 427. The van der Waals surface area contributed by atoms with Crippen LogP contribution in [0.25, 0.3) is 0 Å². The molecule has 1 aliphatic heterocycles. The molecule has 1 aromatic carbocycles. The molecule has 2 atom stereocenters. The summed E-state index contributed by atoms with van der Waals surface area (Å²) in [6.45, 7) is 3.97. The maximum absolute atomic E-state index is 11.7. The molecular formula is C14H18O3. The molecule has 1 aromatic rings. The zero-order valence-corrected chi connectivity index (χ0v) is 10.5. The summed E-state index contributed by atoms with van der Waals surface area (Å²) in [7, 11) is 1.64. The van der Waals surface area contributed by atoms with Crippen LogP contribution in [0.15, 0.2) is 24.3 Å². The summed E-state index contributed by atoms with van der Waals surface area (Å²) >= 11 is 0. The van der Waals surface area contributed by atoms with E-state index in [0.29, 0.717) is 0 Å². The van der Waals surface area contributed by atoms with Crippen molar-refractivity contribution in [2.24, 2.45) is 5.92 Å². The van der Waals surface area contributed by atoms with E-state index in [9.17, 15) is 4.79 Å². The first kappa shape index (κ1) is 12.0. The number of cyclic esters (lactones) is 1. The van der Waals surface area contributed by atoms with Crippen LogP contribution in [0.1, 0.15) is 32.3 Å². The number of hydrogen-bond acceptors (Lipinski definition) is 3. The van der Waals surface area contributed by atoms with E-state index < -0.39 is 5.60 Å². The molecule has 3 heteroatoms. The molecule has 0 saturated carbocycles. The van der Waals surface area contributed by atoms with Gasteiger partial charge in [0.2, 0.25) is 0 Å². The second kappa shape index (κ2) is 4.40. The van der Waals surface area contributed by atoms with E-state index >= 15 is 0 Å². The summed E-state index contributed by atoms with van der Waals surface area (Å²) in [5, 5.41) is 0. The van der Waals surface area contributed by atoms with Gasteiger partial charge in [-0.2, -0.15) is 0 Å². The second-order valence-corrected chi connectivity index (χ2v) is 4.66. The second-order valence-electron chi connectivity index (χ2n) is 4.66. The lowest BCUT2D eigenvalue weighted by molar-refractivity contribution is -0.150. The van der Waals surface area contributed by atoms with Gasteiger partial charge >= 0.3 is 5.97 Å². The summed E-state index contributed by atoms with van der Waals surface area (Å²) in [5.74, 6) is 0.686. The number of rotatable bonds is 3. The maximum Gasteiger partial charge on any atom is 0.309 e. The normalized spacial score (nSPS) is 27.9. The van der Waals surface area contributed by atoms with Gasteiger partial charge in [0.05, 0.1) is 13.0 Å². The first-order chi connectivity index (χ1) is 8.10. The van der Waals surface area contributed by atoms with Gasteiger partial charge in [-0.1, -0.05) is 25.1 Å². The van der Waals surface area contributed by atoms with Crippen molar-refractivity contribution >= 4 is 5.97 Å². The van der Waals surface area contributed by atoms with Gasteiger partial charge in [-0.15, -0.1) is 0 Å². The van der Waals surface area contributed by atoms with Crippen LogP contribution in [0.3, 0.4) is 0 Å². The van der Waals surface area contributed by atoms with Gasteiger partial charge in [-0.3, -0.25) is 4.79 Å². The van der Waals surface area contributed by atoms with Crippen molar-refractivity contribution in [2.75, 3.05) is 7.11 Å². The molecular weight excluding hydrogens is 216 g/mol. The zero-order chi connectivity index (χ0) is 12.5. The van der Waals surface area contributed by atoms with E-state index in [1.54, 1.807) is 7.11 Å². The van der Waals surface area contributed by atoms with Crippen LogP contribution in [0, 0.1) is 5.92 Å².